The van der Waals surface area contributed by atoms with Gasteiger partial charge in [-0.25, -0.2) is 0 Å². The molecule has 9 nitrogen and oxygen atoms in total. The minimum atomic E-state index is -0.673. The average molecular weight is 451 g/mol. The molecule has 1 fully saturated rings. The first kappa shape index (κ1) is 21.3. The second kappa shape index (κ2) is 8.67. The summed E-state index contributed by atoms with van der Waals surface area (Å²) in [6.07, 6.45) is 3.50. The highest BCUT2D eigenvalue weighted by molar-refractivity contribution is 8.18. The van der Waals surface area contributed by atoms with Gasteiger partial charge in [-0.05, 0) is 29.5 Å². The van der Waals surface area contributed by atoms with E-state index in [0.29, 0.717) is 6.54 Å². The Hall–Kier alpha value is -3.92. The monoisotopic (exact) mass is 451 g/mol. The van der Waals surface area contributed by atoms with Crippen molar-refractivity contribution in [3.8, 4) is 0 Å². The van der Waals surface area contributed by atoms with Crippen molar-refractivity contribution in [2.45, 2.75) is 6.54 Å². The number of para-hydroxylation sites is 1. The quantitative estimate of drug-likeness (QED) is 0.242. The molecule has 0 radical (unpaired) electrons. The van der Waals surface area contributed by atoms with Crippen LogP contribution >= 0.6 is 11.8 Å². The second-order valence-electron chi connectivity index (χ2n) is 7.00. The van der Waals surface area contributed by atoms with Crippen molar-refractivity contribution in [3.05, 3.63) is 80.9 Å². The van der Waals surface area contributed by atoms with Gasteiger partial charge in [0.1, 0.15) is 6.54 Å². The fourth-order valence-corrected chi connectivity index (χ4v) is 4.24. The van der Waals surface area contributed by atoms with Gasteiger partial charge in [0.15, 0.2) is 0 Å². The van der Waals surface area contributed by atoms with Gasteiger partial charge in [0, 0.05) is 41.3 Å². The number of thioether (sulfide) groups is 1. The van der Waals surface area contributed by atoms with E-state index in [0.717, 1.165) is 38.7 Å². The fraction of sp³-hybridized carbons (Fsp3) is 0.136. The molecule has 0 unspecified atom stereocenters. The van der Waals surface area contributed by atoms with Gasteiger partial charge in [-0.3, -0.25) is 29.4 Å². The largest absolute Gasteiger partial charge is 0.468 e. The van der Waals surface area contributed by atoms with Gasteiger partial charge in [-0.15, -0.1) is 0 Å². The lowest BCUT2D eigenvalue weighted by Gasteiger charge is -2.09. The Morgan fingerprint density at radius 3 is 2.56 bits per heavy atom. The van der Waals surface area contributed by atoms with E-state index in [1.165, 1.54) is 19.2 Å². The van der Waals surface area contributed by atoms with E-state index < -0.39 is 28.6 Å². The molecule has 1 aliphatic rings. The van der Waals surface area contributed by atoms with Gasteiger partial charge in [0.25, 0.3) is 16.8 Å². The second-order valence-corrected chi connectivity index (χ2v) is 7.99. The number of nitro groups is 1. The molecule has 0 spiro atoms. The number of imide groups is 1. The number of nitrogens with zero attached hydrogens (tertiary/aromatic N) is 3. The van der Waals surface area contributed by atoms with Crippen molar-refractivity contribution >= 4 is 51.5 Å². The Bertz CT molecular complexity index is 1280. The molecule has 3 aromatic rings. The van der Waals surface area contributed by atoms with Crippen LogP contribution in [-0.2, 0) is 20.9 Å². The van der Waals surface area contributed by atoms with Crippen LogP contribution in [0.2, 0.25) is 0 Å². The van der Waals surface area contributed by atoms with E-state index >= 15 is 0 Å². The van der Waals surface area contributed by atoms with Crippen LogP contribution in [0.5, 0.6) is 0 Å². The third-order valence-corrected chi connectivity index (χ3v) is 5.90. The summed E-state index contributed by atoms with van der Waals surface area (Å²) >= 11 is 0.773. The maximum Gasteiger partial charge on any atom is 0.325 e. The van der Waals surface area contributed by atoms with E-state index in [4.69, 9.17) is 0 Å². The number of amides is 2. The van der Waals surface area contributed by atoms with Gasteiger partial charge in [-0.2, -0.15) is 0 Å². The predicted octanol–water partition coefficient (Wildman–Crippen LogP) is 3.81. The Kier molecular flexibility index (Phi) is 5.78. The minimum Gasteiger partial charge on any atom is -0.468 e. The van der Waals surface area contributed by atoms with Crippen LogP contribution in [-0.4, -0.2) is 45.2 Å². The van der Waals surface area contributed by atoms with E-state index in [2.05, 4.69) is 4.74 Å². The Balaban J connectivity index is 1.66. The number of carbonyl (C=O) groups is 3. The Morgan fingerprint density at radius 1 is 1.16 bits per heavy atom. The highest BCUT2D eigenvalue weighted by Crippen LogP contribution is 2.34. The van der Waals surface area contributed by atoms with Crippen LogP contribution < -0.4 is 0 Å². The van der Waals surface area contributed by atoms with Crippen molar-refractivity contribution in [2.24, 2.45) is 0 Å². The molecule has 1 aromatic heterocycles. The number of benzene rings is 2. The summed E-state index contributed by atoms with van der Waals surface area (Å²) in [6.45, 7) is 0.0383. The number of esters is 1. The topological polar surface area (TPSA) is 112 Å². The van der Waals surface area contributed by atoms with E-state index in [1.807, 2.05) is 35.0 Å². The minimum absolute atomic E-state index is 0.0227. The number of aromatic nitrogens is 1. The smallest absolute Gasteiger partial charge is 0.325 e. The predicted molar refractivity (Wildman–Crippen MR) is 119 cm³/mol. The van der Waals surface area contributed by atoms with Gasteiger partial charge in [0.05, 0.1) is 16.9 Å². The van der Waals surface area contributed by atoms with Gasteiger partial charge in [0.2, 0.25) is 0 Å². The molecule has 0 saturated carbocycles. The number of ether oxygens (including phenoxy) is 1. The number of methoxy groups -OCH3 is 1. The van der Waals surface area contributed by atoms with Crippen LogP contribution in [0.1, 0.15) is 11.1 Å². The molecule has 0 aliphatic carbocycles. The molecule has 2 heterocycles. The van der Waals surface area contributed by atoms with Crippen LogP contribution in [0.3, 0.4) is 0 Å². The first-order valence-electron chi connectivity index (χ1n) is 9.51. The van der Waals surface area contributed by atoms with E-state index in [9.17, 15) is 24.5 Å². The lowest BCUT2D eigenvalue weighted by Crippen LogP contribution is -2.34. The van der Waals surface area contributed by atoms with Gasteiger partial charge < -0.3 is 9.30 Å². The SMILES string of the molecule is COC(=O)CN1C(=O)SC(=Cc2cn(Cc3ccc([N+](=O)[O-])cc3)c3ccccc23)C1=O. The zero-order chi connectivity index (χ0) is 22.8. The van der Waals surface area contributed by atoms with Crippen molar-refractivity contribution in [1.82, 2.24) is 9.47 Å². The number of hydrogen-bond donors (Lipinski definition) is 0. The summed E-state index contributed by atoms with van der Waals surface area (Å²) in [7, 11) is 1.19. The maximum absolute atomic E-state index is 12.6. The summed E-state index contributed by atoms with van der Waals surface area (Å²) in [4.78, 5) is 47.8. The number of hydrogen-bond acceptors (Lipinski definition) is 7. The summed E-state index contributed by atoms with van der Waals surface area (Å²) in [5.74, 6) is -1.22. The third-order valence-electron chi connectivity index (χ3n) is 4.99. The molecule has 2 aromatic carbocycles. The number of fused-ring (bicyclic) bond motifs is 1. The number of nitro benzene ring substituents is 1. The molecular weight excluding hydrogens is 434 g/mol. The third kappa shape index (κ3) is 4.12. The fourth-order valence-electron chi connectivity index (χ4n) is 3.41. The molecular formula is C22H17N3O6S. The molecule has 0 N–H and O–H groups in total. The molecule has 4 rings (SSSR count). The van der Waals surface area contributed by atoms with Crippen molar-refractivity contribution in [3.63, 3.8) is 0 Å². The van der Waals surface area contributed by atoms with Crippen LogP contribution in [0.4, 0.5) is 10.5 Å². The van der Waals surface area contributed by atoms with Crippen LogP contribution in [0.25, 0.3) is 17.0 Å². The first-order chi connectivity index (χ1) is 15.4. The zero-order valence-corrected chi connectivity index (χ0v) is 17.7. The normalized spacial score (nSPS) is 15.0. The summed E-state index contributed by atoms with van der Waals surface area (Å²) < 4.78 is 6.52. The summed E-state index contributed by atoms with van der Waals surface area (Å²) in [5, 5.41) is 11.2. The van der Waals surface area contributed by atoms with Gasteiger partial charge >= 0.3 is 5.97 Å². The Labute approximate surface area is 186 Å². The maximum atomic E-state index is 12.6. The van der Waals surface area contributed by atoms with Crippen molar-refractivity contribution in [2.75, 3.05) is 13.7 Å². The van der Waals surface area contributed by atoms with Crippen molar-refractivity contribution < 1.29 is 24.0 Å². The molecule has 0 bridgehead atoms. The highest BCUT2D eigenvalue weighted by atomic mass is 32.2. The molecule has 1 saturated heterocycles. The lowest BCUT2D eigenvalue weighted by atomic mass is 10.1. The summed E-state index contributed by atoms with van der Waals surface area (Å²) in [6, 6.07) is 13.9. The van der Waals surface area contributed by atoms with Crippen molar-refractivity contribution in [1.29, 1.82) is 0 Å². The number of carbonyl (C=O) groups excluding carboxylic acids is 3. The lowest BCUT2D eigenvalue weighted by molar-refractivity contribution is -0.384. The van der Waals surface area contributed by atoms with Gasteiger partial charge in [-0.1, -0.05) is 30.3 Å². The molecule has 2 amide bonds. The van der Waals surface area contributed by atoms with E-state index in [-0.39, 0.29) is 10.6 Å². The highest BCUT2D eigenvalue weighted by Gasteiger charge is 2.36. The number of non-ortho nitro benzene ring substituents is 1. The zero-order valence-electron chi connectivity index (χ0n) is 16.9. The molecule has 10 heteroatoms. The van der Waals surface area contributed by atoms with Crippen LogP contribution in [0.15, 0.2) is 59.6 Å². The first-order valence-corrected chi connectivity index (χ1v) is 10.3. The molecule has 32 heavy (non-hydrogen) atoms. The average Bonchev–Trinajstić information content (AvgIpc) is 3.26. The summed E-state index contributed by atoms with van der Waals surface area (Å²) in [5.41, 5.74) is 2.55. The molecule has 1 aliphatic heterocycles. The standard InChI is InChI=1S/C22H17N3O6S/c1-31-20(26)13-24-21(27)19(32-22(24)28)10-15-12-23(18-5-3-2-4-17(15)18)11-14-6-8-16(9-7-14)25(29)30/h2-10,12H,11,13H2,1H3. The Morgan fingerprint density at radius 2 is 1.88 bits per heavy atom. The van der Waals surface area contributed by atoms with Crippen LogP contribution in [0, 0.1) is 10.1 Å². The van der Waals surface area contributed by atoms with E-state index in [1.54, 1.807) is 18.2 Å². The number of rotatable bonds is 6. The molecule has 162 valence electrons. The molecule has 0 atom stereocenters.